The van der Waals surface area contributed by atoms with E-state index in [1.165, 1.54) is 0 Å². The van der Waals surface area contributed by atoms with Gasteiger partial charge in [-0.3, -0.25) is 0 Å². The molecule has 1 N–H and O–H groups in total. The lowest BCUT2D eigenvalue weighted by atomic mass is 9.90. The molecule has 0 aliphatic rings. The van der Waals surface area contributed by atoms with Crippen molar-refractivity contribution >= 4 is 0 Å². The third kappa shape index (κ3) is 3.30. The zero-order valence-corrected chi connectivity index (χ0v) is 11.8. The second-order valence-corrected chi connectivity index (χ2v) is 4.68. The summed E-state index contributed by atoms with van der Waals surface area (Å²) in [5.41, 5.74) is 0. The highest BCUT2D eigenvalue weighted by atomic mass is 19.4. The van der Waals surface area contributed by atoms with Crippen LogP contribution in [-0.2, 0) is 0 Å². The first-order valence-electron chi connectivity index (χ1n) is 5.79. The molecule has 0 unspecified atom stereocenters. The third-order valence-electron chi connectivity index (χ3n) is 2.90. The average molecular weight is 444 g/mol. The van der Waals surface area contributed by atoms with Crippen LogP contribution in [0.25, 0.3) is 0 Å². The van der Waals surface area contributed by atoms with Gasteiger partial charge < -0.3 is 5.11 Å². The first-order chi connectivity index (χ1) is 11.5. The van der Waals surface area contributed by atoms with Gasteiger partial charge in [0.25, 0.3) is 0 Å². The largest absolute Gasteiger partial charge is 0.460 e. The fraction of sp³-hybridized carbons (Fsp3) is 0.800. The van der Waals surface area contributed by atoms with Crippen molar-refractivity contribution < 1.29 is 75.4 Å². The van der Waals surface area contributed by atoms with Crippen molar-refractivity contribution in [3.8, 4) is 0 Å². The number of halogens is 16. The van der Waals surface area contributed by atoms with Crippen molar-refractivity contribution in [1.29, 1.82) is 0 Å². The van der Waals surface area contributed by atoms with E-state index in [0.717, 1.165) is 0 Å². The van der Waals surface area contributed by atoms with Gasteiger partial charge in [0.2, 0.25) is 0 Å². The SMILES string of the molecule is OCC=C(F)C(F)(F)C(F)(F)C(F)(F)C(F)(F)C(F)(F)C(F)(F)C(F)(F)F. The van der Waals surface area contributed by atoms with Crippen LogP contribution in [0.3, 0.4) is 0 Å². The molecule has 0 heterocycles. The van der Waals surface area contributed by atoms with E-state index >= 15 is 0 Å². The molecule has 0 aromatic carbocycles. The molecule has 0 atom stereocenters. The fourth-order valence-electron chi connectivity index (χ4n) is 1.32. The second-order valence-electron chi connectivity index (χ2n) is 4.68. The summed E-state index contributed by atoms with van der Waals surface area (Å²) >= 11 is 0. The zero-order valence-electron chi connectivity index (χ0n) is 11.8. The maximum atomic E-state index is 13.1. The zero-order chi connectivity index (χ0) is 22.5. The van der Waals surface area contributed by atoms with Crippen LogP contribution in [0.2, 0.25) is 0 Å². The Hall–Kier alpha value is -1.42. The summed E-state index contributed by atoms with van der Waals surface area (Å²) in [6, 6.07) is 0. The summed E-state index contributed by atoms with van der Waals surface area (Å²) in [5, 5.41) is 7.98. The van der Waals surface area contributed by atoms with Gasteiger partial charge in [0.05, 0.1) is 6.61 Å². The monoisotopic (exact) mass is 444 g/mol. The van der Waals surface area contributed by atoms with Crippen LogP contribution in [0.15, 0.2) is 11.9 Å². The van der Waals surface area contributed by atoms with Crippen LogP contribution in [0.4, 0.5) is 70.2 Å². The first kappa shape index (κ1) is 25.6. The Morgan fingerprint density at radius 3 is 1.15 bits per heavy atom. The topological polar surface area (TPSA) is 20.2 Å². The summed E-state index contributed by atoms with van der Waals surface area (Å²) in [6.07, 6.45) is -8.71. The molecule has 0 spiro atoms. The highest BCUT2D eigenvalue weighted by Gasteiger charge is 2.93. The number of alkyl halides is 15. The lowest BCUT2D eigenvalue weighted by Crippen LogP contribution is -2.72. The predicted molar refractivity (Wildman–Crippen MR) is 52.0 cm³/mol. The molecule has 0 aromatic heterocycles. The van der Waals surface area contributed by atoms with Crippen molar-refractivity contribution in [1.82, 2.24) is 0 Å². The standard InChI is InChI=1S/C10H4F16O/c11-3(1-2-27)4(12,13)5(14,15)6(16,17)7(18,19)8(20,21)9(22,23)10(24,25)26/h1,27H,2H2. The molecule has 0 bridgehead atoms. The third-order valence-corrected chi connectivity index (χ3v) is 2.90. The lowest BCUT2D eigenvalue weighted by molar-refractivity contribution is -0.450. The molecule has 0 fully saturated rings. The van der Waals surface area contributed by atoms with Crippen LogP contribution in [-0.4, -0.2) is 53.4 Å². The number of allylic oxidation sites excluding steroid dienone is 1. The Balaban J connectivity index is 6.60. The molecular formula is C10H4F16O. The fourth-order valence-corrected chi connectivity index (χ4v) is 1.32. The van der Waals surface area contributed by atoms with Crippen LogP contribution >= 0.6 is 0 Å². The minimum atomic E-state index is -8.47. The van der Waals surface area contributed by atoms with E-state index in [1.807, 2.05) is 0 Å². The molecular weight excluding hydrogens is 440 g/mol. The van der Waals surface area contributed by atoms with Gasteiger partial charge in [-0.25, -0.2) is 4.39 Å². The van der Waals surface area contributed by atoms with E-state index in [4.69, 9.17) is 5.11 Å². The summed E-state index contributed by atoms with van der Waals surface area (Å²) in [5.74, 6) is -52.1. The molecule has 162 valence electrons. The molecule has 0 aromatic rings. The number of hydrogen-bond donors (Lipinski definition) is 1. The minimum absolute atomic E-state index is 1.01. The molecule has 0 saturated heterocycles. The van der Waals surface area contributed by atoms with E-state index in [2.05, 4.69) is 0 Å². The predicted octanol–water partition coefficient (Wildman–Crippen LogP) is 5.21. The van der Waals surface area contributed by atoms with Gasteiger partial charge in [0.15, 0.2) is 5.83 Å². The second kappa shape index (κ2) is 6.58. The van der Waals surface area contributed by atoms with Crippen LogP contribution in [0, 0.1) is 0 Å². The summed E-state index contributed by atoms with van der Waals surface area (Å²) < 4.78 is 203. The quantitative estimate of drug-likeness (QED) is 0.535. The molecule has 0 rings (SSSR count). The molecule has 0 aliphatic heterocycles. The van der Waals surface area contributed by atoms with E-state index < -0.39 is 60.2 Å². The number of aliphatic hydroxyl groups is 1. The van der Waals surface area contributed by atoms with Crippen molar-refractivity contribution in [3.63, 3.8) is 0 Å². The van der Waals surface area contributed by atoms with Gasteiger partial charge in [-0.1, -0.05) is 0 Å². The van der Waals surface area contributed by atoms with Gasteiger partial charge in [0, 0.05) is 0 Å². The molecule has 0 saturated carbocycles. The average Bonchev–Trinajstić information content (AvgIpc) is 2.45. The lowest BCUT2D eigenvalue weighted by Gasteiger charge is -2.41. The van der Waals surface area contributed by atoms with Gasteiger partial charge in [-0.15, -0.1) is 0 Å². The van der Waals surface area contributed by atoms with E-state index in [9.17, 15) is 70.2 Å². The van der Waals surface area contributed by atoms with E-state index in [-0.39, 0.29) is 0 Å². The Morgan fingerprint density at radius 2 is 0.852 bits per heavy atom. The Labute approximate surface area is 137 Å². The van der Waals surface area contributed by atoms with Crippen LogP contribution in [0.5, 0.6) is 0 Å². The van der Waals surface area contributed by atoms with Gasteiger partial charge in [-0.05, 0) is 6.08 Å². The highest BCUT2D eigenvalue weighted by molar-refractivity contribution is 5.19. The van der Waals surface area contributed by atoms with E-state index in [0.29, 0.717) is 0 Å². The molecule has 1 nitrogen and oxygen atoms in total. The van der Waals surface area contributed by atoms with Gasteiger partial charge in [-0.2, -0.15) is 65.9 Å². The van der Waals surface area contributed by atoms with Gasteiger partial charge >= 0.3 is 41.7 Å². The minimum Gasteiger partial charge on any atom is -0.392 e. The van der Waals surface area contributed by atoms with Crippen LogP contribution < -0.4 is 0 Å². The van der Waals surface area contributed by atoms with Gasteiger partial charge in [0.1, 0.15) is 0 Å². The van der Waals surface area contributed by atoms with Crippen molar-refractivity contribution in [3.05, 3.63) is 11.9 Å². The highest BCUT2D eigenvalue weighted by Crippen LogP contribution is 2.63. The Bertz CT molecular complexity index is 570. The smallest absolute Gasteiger partial charge is 0.392 e. The van der Waals surface area contributed by atoms with Crippen molar-refractivity contribution in [2.24, 2.45) is 0 Å². The molecule has 0 radical (unpaired) electrons. The molecule has 17 heteroatoms. The number of rotatable bonds is 7. The molecule has 27 heavy (non-hydrogen) atoms. The first-order valence-corrected chi connectivity index (χ1v) is 5.79. The summed E-state index contributed by atoms with van der Waals surface area (Å²) in [6.45, 7) is -1.93. The van der Waals surface area contributed by atoms with Crippen molar-refractivity contribution in [2.75, 3.05) is 6.61 Å². The van der Waals surface area contributed by atoms with Crippen molar-refractivity contribution in [2.45, 2.75) is 41.7 Å². The number of aliphatic hydroxyl groups excluding tert-OH is 1. The molecule has 0 amide bonds. The normalized spacial score (nSPS) is 16.7. The maximum absolute atomic E-state index is 13.1. The Morgan fingerprint density at radius 1 is 0.556 bits per heavy atom. The Kier molecular flexibility index (Phi) is 6.23. The van der Waals surface area contributed by atoms with Crippen LogP contribution in [0.1, 0.15) is 0 Å². The molecule has 0 aliphatic carbocycles. The summed E-state index contributed by atoms with van der Waals surface area (Å²) in [7, 11) is 0. The van der Waals surface area contributed by atoms with E-state index in [1.54, 1.807) is 0 Å². The maximum Gasteiger partial charge on any atom is 0.460 e. The summed E-state index contributed by atoms with van der Waals surface area (Å²) in [4.78, 5) is 0. The number of hydrogen-bond acceptors (Lipinski definition) is 1.